The van der Waals surface area contributed by atoms with Gasteiger partial charge in [-0.05, 0) is 43.7 Å². The van der Waals surface area contributed by atoms with Crippen LogP contribution in [-0.2, 0) is 0 Å². The summed E-state index contributed by atoms with van der Waals surface area (Å²) in [7, 11) is 0. The van der Waals surface area contributed by atoms with Crippen LogP contribution in [0.2, 0.25) is 0 Å². The minimum Gasteiger partial charge on any atom is -0.299 e. The Morgan fingerprint density at radius 3 is 2.77 bits per heavy atom. The minimum atomic E-state index is -0.456. The van der Waals surface area contributed by atoms with E-state index in [0.29, 0.717) is 44.7 Å². The average Bonchev–Trinajstić information content (AvgIpc) is 3.13. The van der Waals surface area contributed by atoms with E-state index in [2.05, 4.69) is 32.5 Å². The normalized spacial score (nSPS) is 10.5. The Morgan fingerprint density at radius 2 is 2.10 bits per heavy atom. The number of nitrogens with zero attached hydrogens (tertiary/aromatic N) is 5. The van der Waals surface area contributed by atoms with Crippen molar-refractivity contribution in [2.24, 2.45) is 0 Å². The SMILES string of the molecule is C#CNc1nc(-n2cc(C#N)c(C)n2)c(-c2ccc3ncc(F)cc3c2)cc1C(C)=O. The summed E-state index contributed by atoms with van der Waals surface area (Å²) in [4.78, 5) is 20.9. The Kier molecular flexibility index (Phi) is 4.90. The van der Waals surface area contributed by atoms with E-state index in [1.54, 1.807) is 37.4 Å². The van der Waals surface area contributed by atoms with E-state index in [9.17, 15) is 14.4 Å². The fourth-order valence-electron chi connectivity index (χ4n) is 3.27. The largest absolute Gasteiger partial charge is 0.299 e. The molecule has 1 aromatic carbocycles. The van der Waals surface area contributed by atoms with E-state index in [4.69, 9.17) is 6.42 Å². The number of aryl methyl sites for hydroxylation is 1. The molecule has 0 atom stereocenters. The van der Waals surface area contributed by atoms with Gasteiger partial charge in [0.05, 0.1) is 34.7 Å². The van der Waals surface area contributed by atoms with Gasteiger partial charge in [-0.15, -0.1) is 0 Å². The third-order valence-corrected chi connectivity index (χ3v) is 4.77. The zero-order valence-corrected chi connectivity index (χ0v) is 16.6. The standard InChI is InChI=1S/C23H15FN6O/c1-4-26-22-19(14(3)31)9-20(23(28-22)30-12-17(10-25)13(2)29-30)15-5-6-21-16(7-15)8-18(24)11-27-21/h1,5-9,11-12H,2-3H3,(H,26,28). The van der Waals surface area contributed by atoms with Crippen molar-refractivity contribution in [3.63, 3.8) is 0 Å². The van der Waals surface area contributed by atoms with Gasteiger partial charge in [-0.25, -0.2) is 14.1 Å². The van der Waals surface area contributed by atoms with E-state index in [1.165, 1.54) is 17.7 Å². The van der Waals surface area contributed by atoms with Crippen LogP contribution in [0, 0.1) is 36.5 Å². The van der Waals surface area contributed by atoms with Crippen LogP contribution in [0.3, 0.4) is 0 Å². The van der Waals surface area contributed by atoms with Crippen LogP contribution in [0.1, 0.15) is 28.5 Å². The first-order valence-electron chi connectivity index (χ1n) is 9.21. The molecule has 0 unspecified atom stereocenters. The molecule has 4 rings (SSSR count). The quantitative estimate of drug-likeness (QED) is 0.310. The number of hydrogen-bond acceptors (Lipinski definition) is 6. The molecule has 0 bridgehead atoms. The highest BCUT2D eigenvalue weighted by Crippen LogP contribution is 2.32. The second-order valence-corrected chi connectivity index (χ2v) is 6.83. The number of halogens is 1. The number of rotatable bonds is 4. The van der Waals surface area contributed by atoms with Crippen molar-refractivity contribution >= 4 is 22.5 Å². The van der Waals surface area contributed by atoms with Crippen LogP contribution in [0.4, 0.5) is 10.2 Å². The topological polar surface area (TPSA) is 96.5 Å². The molecule has 0 spiro atoms. The summed E-state index contributed by atoms with van der Waals surface area (Å²) < 4.78 is 15.2. The highest BCUT2D eigenvalue weighted by atomic mass is 19.1. The molecule has 31 heavy (non-hydrogen) atoms. The first-order valence-corrected chi connectivity index (χ1v) is 9.21. The Morgan fingerprint density at radius 1 is 1.29 bits per heavy atom. The van der Waals surface area contributed by atoms with Crippen molar-refractivity contribution in [3.8, 4) is 35.5 Å². The number of carbonyl (C=O) groups excluding carboxylic acids is 1. The van der Waals surface area contributed by atoms with Crippen molar-refractivity contribution in [1.82, 2.24) is 19.7 Å². The van der Waals surface area contributed by atoms with E-state index in [0.717, 1.165) is 6.20 Å². The lowest BCUT2D eigenvalue weighted by atomic mass is 10.0. The van der Waals surface area contributed by atoms with Gasteiger partial charge >= 0.3 is 0 Å². The number of pyridine rings is 2. The molecule has 0 aliphatic heterocycles. The summed E-state index contributed by atoms with van der Waals surface area (Å²) in [6, 6.07) is 12.7. The lowest BCUT2D eigenvalue weighted by molar-refractivity contribution is 0.101. The summed E-state index contributed by atoms with van der Waals surface area (Å²) in [6.07, 6.45) is 8.08. The second kappa shape index (κ2) is 7.69. The average molecular weight is 410 g/mol. The number of Topliss-reactive ketones (excluding diaryl/α,β-unsaturated/α-hetero) is 1. The molecular formula is C23H15FN6O. The Balaban J connectivity index is 2.03. The second-order valence-electron chi connectivity index (χ2n) is 6.83. The Hall–Kier alpha value is -4.56. The monoisotopic (exact) mass is 410 g/mol. The number of fused-ring (bicyclic) bond motifs is 1. The zero-order valence-electron chi connectivity index (χ0n) is 16.6. The summed E-state index contributed by atoms with van der Waals surface area (Å²) in [6.45, 7) is 3.12. The number of nitrogens with one attached hydrogen (secondary N) is 1. The van der Waals surface area contributed by atoms with Crippen LogP contribution in [0.5, 0.6) is 0 Å². The fraction of sp³-hybridized carbons (Fsp3) is 0.0870. The van der Waals surface area contributed by atoms with Gasteiger partial charge in [-0.3, -0.25) is 15.1 Å². The van der Waals surface area contributed by atoms with Crippen LogP contribution < -0.4 is 5.32 Å². The molecule has 3 heterocycles. The Labute approximate surface area is 177 Å². The maximum Gasteiger partial charge on any atom is 0.163 e. The van der Waals surface area contributed by atoms with Crippen molar-refractivity contribution in [1.29, 1.82) is 5.26 Å². The molecule has 0 saturated carbocycles. The van der Waals surface area contributed by atoms with Crippen LogP contribution in [-0.4, -0.2) is 25.5 Å². The Bertz CT molecular complexity index is 1440. The minimum absolute atomic E-state index is 0.203. The lowest BCUT2D eigenvalue weighted by Gasteiger charge is -2.14. The van der Waals surface area contributed by atoms with E-state index in [-0.39, 0.29) is 11.6 Å². The molecule has 0 radical (unpaired) electrons. The number of nitriles is 1. The van der Waals surface area contributed by atoms with E-state index < -0.39 is 5.82 Å². The van der Waals surface area contributed by atoms with Gasteiger partial charge in [-0.1, -0.05) is 12.5 Å². The first kappa shape index (κ1) is 19.7. The van der Waals surface area contributed by atoms with E-state index >= 15 is 0 Å². The molecule has 4 aromatic rings. The zero-order chi connectivity index (χ0) is 22.1. The number of terminal acetylenes is 1. The van der Waals surface area contributed by atoms with Gasteiger partial charge in [-0.2, -0.15) is 10.4 Å². The molecule has 0 amide bonds. The highest BCUT2D eigenvalue weighted by molar-refractivity contribution is 6.01. The predicted molar refractivity (Wildman–Crippen MR) is 114 cm³/mol. The third-order valence-electron chi connectivity index (χ3n) is 4.77. The number of hydrogen-bond donors (Lipinski definition) is 1. The molecule has 7 nitrogen and oxygen atoms in total. The van der Waals surface area contributed by atoms with Gasteiger partial charge in [0, 0.05) is 17.0 Å². The number of benzene rings is 1. The van der Waals surface area contributed by atoms with E-state index in [1.807, 2.05) is 0 Å². The van der Waals surface area contributed by atoms with Gasteiger partial charge in [0.25, 0.3) is 0 Å². The highest BCUT2D eigenvalue weighted by Gasteiger charge is 2.19. The maximum absolute atomic E-state index is 13.7. The van der Waals surface area contributed by atoms with Crippen molar-refractivity contribution in [2.75, 3.05) is 5.32 Å². The first-order chi connectivity index (χ1) is 14.9. The number of carbonyl (C=O) groups is 1. The third kappa shape index (κ3) is 3.59. The fourth-order valence-corrected chi connectivity index (χ4v) is 3.27. The van der Waals surface area contributed by atoms with Gasteiger partial charge < -0.3 is 0 Å². The van der Waals surface area contributed by atoms with Crippen molar-refractivity contribution in [2.45, 2.75) is 13.8 Å². The molecule has 0 aliphatic rings. The molecule has 0 fully saturated rings. The van der Waals surface area contributed by atoms with Gasteiger partial charge in [0.2, 0.25) is 0 Å². The van der Waals surface area contributed by atoms with Crippen LogP contribution in [0.25, 0.3) is 27.8 Å². The predicted octanol–water partition coefficient (Wildman–Crippen LogP) is 4.01. The van der Waals surface area contributed by atoms with Crippen molar-refractivity contribution < 1.29 is 9.18 Å². The lowest BCUT2D eigenvalue weighted by Crippen LogP contribution is -2.09. The maximum atomic E-state index is 13.7. The number of ketones is 1. The molecular weight excluding hydrogens is 395 g/mol. The van der Waals surface area contributed by atoms with Gasteiger partial charge in [0.15, 0.2) is 17.4 Å². The number of anilines is 1. The summed E-state index contributed by atoms with van der Waals surface area (Å²) >= 11 is 0. The van der Waals surface area contributed by atoms with Crippen LogP contribution >= 0.6 is 0 Å². The molecule has 0 saturated heterocycles. The molecule has 3 aromatic heterocycles. The summed E-state index contributed by atoms with van der Waals surface area (Å²) in [5.74, 6) is -0.131. The molecule has 1 N–H and O–H groups in total. The van der Waals surface area contributed by atoms with Gasteiger partial charge in [0.1, 0.15) is 11.9 Å². The summed E-state index contributed by atoms with van der Waals surface area (Å²) in [5.41, 5.74) is 3.06. The number of aromatic nitrogens is 4. The van der Waals surface area contributed by atoms with Crippen molar-refractivity contribution in [3.05, 3.63) is 65.4 Å². The summed E-state index contributed by atoms with van der Waals surface area (Å²) in [5, 5.41) is 16.9. The molecule has 8 heteroatoms. The molecule has 150 valence electrons. The van der Waals surface area contributed by atoms with Crippen LogP contribution in [0.15, 0.2) is 42.7 Å². The smallest absolute Gasteiger partial charge is 0.163 e. The molecule has 0 aliphatic carbocycles.